The van der Waals surface area contributed by atoms with Crippen LogP contribution in [0.1, 0.15) is 41.3 Å². The Morgan fingerprint density at radius 1 is 1.16 bits per heavy atom. The second-order valence-corrected chi connectivity index (χ2v) is 12.7. The lowest BCUT2D eigenvalue weighted by atomic mass is 10.1. The van der Waals surface area contributed by atoms with Gasteiger partial charge >= 0.3 is 0 Å². The molecule has 1 fully saturated rings. The molecule has 2 N–H and O–H groups in total. The summed E-state index contributed by atoms with van der Waals surface area (Å²) >= 11 is 0.962. The summed E-state index contributed by atoms with van der Waals surface area (Å²) in [5, 5.41) is 15.9. The minimum Gasteiger partial charge on any atom is -0.484 e. The third-order valence-corrected chi connectivity index (χ3v) is 9.85. The van der Waals surface area contributed by atoms with Crippen LogP contribution in [0.2, 0.25) is 0 Å². The van der Waals surface area contributed by atoms with E-state index >= 15 is 0 Å². The molecule has 0 aromatic carbocycles. The number of sulfonamides is 1. The summed E-state index contributed by atoms with van der Waals surface area (Å²) < 4.78 is 41.8. The van der Waals surface area contributed by atoms with Crippen molar-refractivity contribution in [2.75, 3.05) is 18.1 Å². The number of aliphatic hydroxyl groups is 1. The summed E-state index contributed by atoms with van der Waals surface area (Å²) in [5.74, 6) is 0.431. The topological polar surface area (TPSA) is 139 Å². The number of aryl methyl sites for hydroxylation is 1. The van der Waals surface area contributed by atoms with Gasteiger partial charge in [0.1, 0.15) is 22.4 Å². The molecule has 0 bridgehead atoms. The number of fused-ring (bicyclic) bond motifs is 2. The molecule has 1 amide bonds. The molecule has 3 aliphatic rings. The largest absolute Gasteiger partial charge is 0.484 e. The molecule has 12 nitrogen and oxygen atoms in total. The van der Waals surface area contributed by atoms with Crippen LogP contribution in [0.4, 0.5) is 5.00 Å². The monoisotopic (exact) mass is 546 g/mol. The van der Waals surface area contributed by atoms with E-state index in [0.29, 0.717) is 35.4 Å². The third kappa shape index (κ3) is 4.54. The quantitative estimate of drug-likeness (QED) is 0.450. The van der Waals surface area contributed by atoms with Crippen LogP contribution in [0.25, 0.3) is 0 Å². The molecule has 37 heavy (non-hydrogen) atoms. The van der Waals surface area contributed by atoms with Crippen molar-refractivity contribution in [3.8, 4) is 11.6 Å². The Morgan fingerprint density at radius 3 is 2.65 bits per heavy atom. The van der Waals surface area contributed by atoms with Crippen LogP contribution >= 0.6 is 11.3 Å². The van der Waals surface area contributed by atoms with Crippen molar-refractivity contribution in [2.45, 2.75) is 49.0 Å². The number of carbonyl (C=O) groups is 1. The second-order valence-electron chi connectivity index (χ2n) is 9.72. The van der Waals surface area contributed by atoms with Gasteiger partial charge in [-0.15, -0.1) is 11.3 Å². The van der Waals surface area contributed by atoms with Crippen LogP contribution in [0.3, 0.4) is 0 Å². The van der Waals surface area contributed by atoms with Crippen molar-refractivity contribution < 1.29 is 27.8 Å². The maximum atomic E-state index is 13.5. The highest BCUT2D eigenvalue weighted by molar-refractivity contribution is 7.91. The zero-order chi connectivity index (χ0) is 25.9. The molecule has 14 heteroatoms. The van der Waals surface area contributed by atoms with E-state index in [1.807, 2.05) is 6.92 Å². The molecule has 2 aliphatic heterocycles. The van der Waals surface area contributed by atoms with Gasteiger partial charge in [0.2, 0.25) is 6.35 Å². The number of thiophene rings is 1. The number of rotatable bonds is 7. The Balaban J connectivity index is 1.38. The van der Waals surface area contributed by atoms with E-state index in [0.717, 1.165) is 29.7 Å². The Morgan fingerprint density at radius 2 is 1.92 bits per heavy atom. The van der Waals surface area contributed by atoms with Crippen LogP contribution in [-0.2, 0) is 30.2 Å². The number of pyridine rings is 1. The third-order valence-electron chi connectivity index (χ3n) is 6.56. The number of hydrogen-bond donors (Lipinski definition) is 2. The smallest absolute Gasteiger partial charge is 0.260 e. The number of nitrogens with zero attached hydrogens (tertiary/aromatic N) is 5. The van der Waals surface area contributed by atoms with Gasteiger partial charge in [-0.2, -0.15) is 5.10 Å². The van der Waals surface area contributed by atoms with Crippen LogP contribution in [-0.4, -0.2) is 64.2 Å². The Hall–Kier alpha value is -3.20. The molecule has 1 saturated carbocycles. The van der Waals surface area contributed by atoms with Gasteiger partial charge in [0.25, 0.3) is 21.8 Å². The normalized spacial score (nSPS) is 20.2. The number of amides is 1. The first-order valence-corrected chi connectivity index (χ1v) is 14.1. The van der Waals surface area contributed by atoms with E-state index in [4.69, 9.17) is 9.47 Å². The predicted octanol–water partition coefficient (Wildman–Crippen LogP) is 1.42. The average Bonchev–Trinajstić information content (AvgIpc) is 3.22. The zero-order valence-electron chi connectivity index (χ0n) is 20.2. The SMILES string of the molecule is Cn1cc(CN2C(=O)c3cc(S(=O)(=O)NC4(C)CC4)sc3N(Cc3cnc4c(c3)OCCO4)C2O)cn1. The fourth-order valence-corrected chi connectivity index (χ4v) is 7.30. The van der Waals surface area contributed by atoms with E-state index in [2.05, 4.69) is 14.8 Å². The molecule has 196 valence electrons. The molecule has 1 unspecified atom stereocenters. The summed E-state index contributed by atoms with van der Waals surface area (Å²) in [5.41, 5.74) is 1.18. The molecular formula is C23H26N6O6S2. The van der Waals surface area contributed by atoms with E-state index < -0.39 is 27.8 Å². The van der Waals surface area contributed by atoms with Gasteiger partial charge in [-0.1, -0.05) is 0 Å². The van der Waals surface area contributed by atoms with Crippen molar-refractivity contribution >= 4 is 32.3 Å². The highest BCUT2D eigenvalue weighted by atomic mass is 32.2. The number of aromatic nitrogens is 3. The lowest BCUT2D eigenvalue weighted by molar-refractivity contribution is -0.00273. The number of anilines is 1. The predicted molar refractivity (Wildman–Crippen MR) is 133 cm³/mol. The first-order chi connectivity index (χ1) is 17.6. The fourth-order valence-electron chi connectivity index (χ4n) is 4.37. The van der Waals surface area contributed by atoms with Crippen LogP contribution in [0.5, 0.6) is 11.6 Å². The number of aliphatic hydroxyl groups excluding tert-OH is 1. The lowest BCUT2D eigenvalue weighted by Gasteiger charge is -2.40. The molecule has 3 aromatic heterocycles. The standard InChI is InChI=1S/C23H26N6O6S2/c1-23(3-4-23)26-37(32,33)18-8-16-20(30)28(13-15-10-25-27(2)11-15)22(31)29(21(16)36-18)12-14-7-17-19(24-9-14)35-6-5-34-17/h7-11,22,26,31H,3-6,12-13H2,1-2H3. The number of ether oxygens (including phenoxy) is 2. The number of hydrogen-bond acceptors (Lipinski definition) is 10. The summed E-state index contributed by atoms with van der Waals surface area (Å²) in [7, 11) is -2.08. The van der Waals surface area contributed by atoms with E-state index in [-0.39, 0.29) is 22.9 Å². The van der Waals surface area contributed by atoms with Gasteiger partial charge in [-0.25, -0.2) is 18.1 Å². The molecular weight excluding hydrogens is 520 g/mol. The van der Waals surface area contributed by atoms with Crippen LogP contribution in [0, 0.1) is 0 Å². The minimum atomic E-state index is -3.84. The highest BCUT2D eigenvalue weighted by Crippen LogP contribution is 2.43. The van der Waals surface area contributed by atoms with E-state index in [9.17, 15) is 18.3 Å². The lowest BCUT2D eigenvalue weighted by Crippen LogP contribution is -2.54. The first kappa shape index (κ1) is 24.2. The van der Waals surface area contributed by atoms with Crippen molar-refractivity contribution in [3.05, 3.63) is 47.4 Å². The summed E-state index contributed by atoms with van der Waals surface area (Å²) in [6.45, 7) is 2.92. The van der Waals surface area contributed by atoms with Crippen LogP contribution in [0.15, 0.2) is 34.9 Å². The van der Waals surface area contributed by atoms with E-state index in [1.165, 1.54) is 11.0 Å². The average molecular weight is 547 g/mol. The molecule has 5 heterocycles. The summed E-state index contributed by atoms with van der Waals surface area (Å²) in [6.07, 6.45) is 5.16. The number of carbonyl (C=O) groups excluding carboxylic acids is 1. The summed E-state index contributed by atoms with van der Waals surface area (Å²) in [4.78, 5) is 20.7. The minimum absolute atomic E-state index is 0.0275. The molecule has 6 rings (SSSR count). The van der Waals surface area contributed by atoms with Gasteiger partial charge in [0.05, 0.1) is 18.3 Å². The summed E-state index contributed by atoms with van der Waals surface area (Å²) in [6, 6.07) is 3.17. The van der Waals surface area contributed by atoms with Crippen molar-refractivity contribution in [1.82, 2.24) is 24.4 Å². The van der Waals surface area contributed by atoms with E-state index in [1.54, 1.807) is 41.3 Å². The van der Waals surface area contributed by atoms with Gasteiger partial charge in [0, 0.05) is 37.1 Å². The maximum Gasteiger partial charge on any atom is 0.260 e. The molecule has 0 spiro atoms. The van der Waals surface area contributed by atoms with Crippen molar-refractivity contribution in [1.29, 1.82) is 0 Å². The van der Waals surface area contributed by atoms with Crippen molar-refractivity contribution in [2.24, 2.45) is 7.05 Å². The Labute approximate surface area is 217 Å². The molecule has 0 saturated heterocycles. The Bertz CT molecular complexity index is 1480. The molecule has 1 aliphatic carbocycles. The number of nitrogens with one attached hydrogen (secondary N) is 1. The Kier molecular flexibility index (Phi) is 5.67. The molecule has 1 atom stereocenters. The van der Waals surface area contributed by atoms with Gasteiger partial charge in [0.15, 0.2) is 5.75 Å². The maximum absolute atomic E-state index is 13.5. The zero-order valence-corrected chi connectivity index (χ0v) is 21.9. The van der Waals surface area contributed by atoms with Gasteiger partial charge in [-0.05, 0) is 37.5 Å². The first-order valence-electron chi connectivity index (χ1n) is 11.8. The molecule has 3 aromatic rings. The second kappa shape index (κ2) is 8.68. The fraction of sp³-hybridized carbons (Fsp3) is 0.435. The van der Waals surface area contributed by atoms with Gasteiger partial charge < -0.3 is 19.5 Å². The van der Waals surface area contributed by atoms with Crippen molar-refractivity contribution in [3.63, 3.8) is 0 Å². The van der Waals surface area contributed by atoms with Gasteiger partial charge in [-0.3, -0.25) is 14.4 Å². The highest BCUT2D eigenvalue weighted by Gasteiger charge is 2.44. The van der Waals surface area contributed by atoms with Crippen LogP contribution < -0.4 is 19.1 Å². The molecule has 0 radical (unpaired) electrons.